The molecule has 112 valence electrons. The molecule has 0 amide bonds. The fraction of sp³-hybridized carbons (Fsp3) is 1.00. The highest BCUT2D eigenvalue weighted by Gasteiger charge is 2.36. The molecule has 1 saturated carbocycles. The molecular formula is C16H33N3. The van der Waals surface area contributed by atoms with Crippen LogP contribution in [-0.2, 0) is 0 Å². The van der Waals surface area contributed by atoms with Crippen LogP contribution < -0.4 is 5.73 Å². The maximum atomic E-state index is 6.15. The van der Waals surface area contributed by atoms with Crippen molar-refractivity contribution in [2.45, 2.75) is 64.0 Å². The minimum atomic E-state index is 0.288. The summed E-state index contributed by atoms with van der Waals surface area (Å²) in [5.74, 6) is 0.840. The predicted octanol–water partition coefficient (Wildman–Crippen LogP) is 2.31. The summed E-state index contributed by atoms with van der Waals surface area (Å²) in [4.78, 5) is 5.18. The van der Waals surface area contributed by atoms with Gasteiger partial charge in [-0.05, 0) is 39.7 Å². The van der Waals surface area contributed by atoms with Gasteiger partial charge in [0.15, 0.2) is 0 Å². The van der Waals surface area contributed by atoms with Crippen LogP contribution in [0.5, 0.6) is 0 Å². The van der Waals surface area contributed by atoms with Gasteiger partial charge in [-0.1, -0.05) is 25.7 Å². The normalized spacial score (nSPS) is 29.1. The van der Waals surface area contributed by atoms with Gasteiger partial charge in [0.05, 0.1) is 0 Å². The molecule has 1 aliphatic carbocycles. The van der Waals surface area contributed by atoms with Crippen LogP contribution in [0.25, 0.3) is 0 Å². The SMILES string of the molecule is CN1CCN(C(CN)C2CCCCCC2)CC1(C)C. The summed E-state index contributed by atoms with van der Waals surface area (Å²) >= 11 is 0. The van der Waals surface area contributed by atoms with E-state index in [1.807, 2.05) is 0 Å². The first-order valence-electron chi connectivity index (χ1n) is 8.20. The van der Waals surface area contributed by atoms with Crippen molar-refractivity contribution in [3.63, 3.8) is 0 Å². The van der Waals surface area contributed by atoms with Crippen molar-refractivity contribution in [2.75, 3.05) is 33.2 Å². The standard InChI is InChI=1S/C16H33N3/c1-16(2)13-19(11-10-18(16)3)15(12-17)14-8-6-4-5-7-9-14/h14-15H,4-13,17H2,1-3H3. The number of nitrogens with zero attached hydrogens (tertiary/aromatic N) is 2. The first kappa shape index (κ1) is 15.3. The monoisotopic (exact) mass is 267 g/mol. The number of hydrogen-bond acceptors (Lipinski definition) is 3. The van der Waals surface area contributed by atoms with E-state index < -0.39 is 0 Å². The van der Waals surface area contributed by atoms with Crippen LogP contribution in [0.1, 0.15) is 52.4 Å². The van der Waals surface area contributed by atoms with Gasteiger partial charge in [-0.15, -0.1) is 0 Å². The zero-order valence-electron chi connectivity index (χ0n) is 13.2. The third-order valence-corrected chi connectivity index (χ3v) is 5.50. The highest BCUT2D eigenvalue weighted by Crippen LogP contribution is 2.30. The van der Waals surface area contributed by atoms with Gasteiger partial charge in [0.2, 0.25) is 0 Å². The summed E-state index contributed by atoms with van der Waals surface area (Å²) < 4.78 is 0. The first-order chi connectivity index (χ1) is 9.04. The van der Waals surface area contributed by atoms with Crippen molar-refractivity contribution in [1.82, 2.24) is 9.80 Å². The largest absolute Gasteiger partial charge is 0.329 e. The van der Waals surface area contributed by atoms with Crippen LogP contribution in [0.4, 0.5) is 0 Å². The van der Waals surface area contributed by atoms with E-state index in [2.05, 4.69) is 30.7 Å². The Morgan fingerprint density at radius 1 is 1.11 bits per heavy atom. The lowest BCUT2D eigenvalue weighted by atomic mass is 9.88. The summed E-state index contributed by atoms with van der Waals surface area (Å²) in [6.07, 6.45) is 8.49. The molecule has 0 aromatic rings. The van der Waals surface area contributed by atoms with E-state index in [9.17, 15) is 0 Å². The molecule has 3 nitrogen and oxygen atoms in total. The lowest BCUT2D eigenvalue weighted by molar-refractivity contribution is 0.00197. The second-order valence-electron chi connectivity index (χ2n) is 7.26. The molecular weight excluding hydrogens is 234 g/mol. The number of nitrogens with two attached hydrogens (primary N) is 1. The molecule has 2 rings (SSSR count). The van der Waals surface area contributed by atoms with Gasteiger partial charge in [-0.2, -0.15) is 0 Å². The Kier molecular flexibility index (Phi) is 5.27. The minimum absolute atomic E-state index is 0.288. The number of piperazine rings is 1. The summed E-state index contributed by atoms with van der Waals surface area (Å²) in [7, 11) is 2.25. The molecule has 2 fully saturated rings. The Labute approximate surface area is 119 Å². The van der Waals surface area contributed by atoms with Crippen LogP contribution in [0.2, 0.25) is 0 Å². The Morgan fingerprint density at radius 2 is 1.74 bits per heavy atom. The lowest BCUT2D eigenvalue weighted by Crippen LogP contribution is -2.62. The molecule has 2 aliphatic rings. The van der Waals surface area contributed by atoms with Gasteiger partial charge in [-0.25, -0.2) is 0 Å². The lowest BCUT2D eigenvalue weighted by Gasteiger charge is -2.49. The van der Waals surface area contributed by atoms with E-state index in [1.54, 1.807) is 0 Å². The van der Waals surface area contributed by atoms with Crippen LogP contribution in [0.15, 0.2) is 0 Å². The van der Waals surface area contributed by atoms with Gasteiger partial charge in [0.1, 0.15) is 0 Å². The maximum Gasteiger partial charge on any atom is 0.0277 e. The van der Waals surface area contributed by atoms with Gasteiger partial charge in [-0.3, -0.25) is 9.80 Å². The smallest absolute Gasteiger partial charge is 0.0277 e. The van der Waals surface area contributed by atoms with Crippen LogP contribution in [0, 0.1) is 5.92 Å². The van der Waals surface area contributed by atoms with Crippen molar-refractivity contribution in [3.8, 4) is 0 Å². The van der Waals surface area contributed by atoms with Crippen LogP contribution in [0.3, 0.4) is 0 Å². The molecule has 2 N–H and O–H groups in total. The zero-order valence-corrected chi connectivity index (χ0v) is 13.2. The van der Waals surface area contributed by atoms with Crippen LogP contribution >= 0.6 is 0 Å². The minimum Gasteiger partial charge on any atom is -0.329 e. The molecule has 1 heterocycles. The van der Waals surface area contributed by atoms with E-state index in [0.29, 0.717) is 6.04 Å². The van der Waals surface area contributed by atoms with Crippen molar-refractivity contribution < 1.29 is 0 Å². The third-order valence-electron chi connectivity index (χ3n) is 5.50. The maximum absolute atomic E-state index is 6.15. The molecule has 0 aromatic heterocycles. The third kappa shape index (κ3) is 3.71. The second-order valence-corrected chi connectivity index (χ2v) is 7.26. The van der Waals surface area contributed by atoms with E-state index >= 15 is 0 Å². The number of rotatable bonds is 3. The van der Waals surface area contributed by atoms with E-state index in [1.165, 1.54) is 58.2 Å². The van der Waals surface area contributed by atoms with Gasteiger partial charge in [0.25, 0.3) is 0 Å². The van der Waals surface area contributed by atoms with Gasteiger partial charge >= 0.3 is 0 Å². The van der Waals surface area contributed by atoms with Crippen molar-refractivity contribution in [1.29, 1.82) is 0 Å². The molecule has 1 atom stereocenters. The fourth-order valence-corrected chi connectivity index (χ4v) is 3.90. The summed E-state index contributed by atoms with van der Waals surface area (Å²) in [5, 5.41) is 0. The summed E-state index contributed by atoms with van der Waals surface area (Å²) in [5.41, 5.74) is 6.44. The summed E-state index contributed by atoms with van der Waals surface area (Å²) in [6, 6.07) is 0.617. The summed E-state index contributed by atoms with van der Waals surface area (Å²) in [6.45, 7) is 9.10. The van der Waals surface area contributed by atoms with Crippen LogP contribution in [-0.4, -0.2) is 54.6 Å². The average Bonchev–Trinajstić information content (AvgIpc) is 2.63. The molecule has 1 aliphatic heterocycles. The average molecular weight is 267 g/mol. The Bertz CT molecular complexity index is 269. The Balaban J connectivity index is 2.00. The highest BCUT2D eigenvalue weighted by atomic mass is 15.3. The molecule has 19 heavy (non-hydrogen) atoms. The van der Waals surface area contributed by atoms with Gasteiger partial charge < -0.3 is 5.73 Å². The molecule has 0 bridgehead atoms. The number of hydrogen-bond donors (Lipinski definition) is 1. The highest BCUT2D eigenvalue weighted by molar-refractivity contribution is 4.93. The van der Waals surface area contributed by atoms with E-state index in [4.69, 9.17) is 5.73 Å². The first-order valence-corrected chi connectivity index (χ1v) is 8.20. The van der Waals surface area contributed by atoms with E-state index in [-0.39, 0.29) is 5.54 Å². The van der Waals surface area contributed by atoms with E-state index in [0.717, 1.165) is 12.5 Å². The van der Waals surface area contributed by atoms with Crippen molar-refractivity contribution in [2.24, 2.45) is 11.7 Å². The van der Waals surface area contributed by atoms with Gasteiger partial charge in [0, 0.05) is 37.8 Å². The fourth-order valence-electron chi connectivity index (χ4n) is 3.90. The number of likely N-dealkylation sites (N-methyl/N-ethyl adjacent to an activating group) is 1. The topological polar surface area (TPSA) is 32.5 Å². The Hall–Kier alpha value is -0.120. The second kappa shape index (κ2) is 6.55. The molecule has 0 radical (unpaired) electrons. The Morgan fingerprint density at radius 3 is 2.26 bits per heavy atom. The zero-order chi connectivity index (χ0) is 13.9. The molecule has 1 saturated heterocycles. The molecule has 0 aromatic carbocycles. The predicted molar refractivity (Wildman–Crippen MR) is 82.3 cm³/mol. The quantitative estimate of drug-likeness (QED) is 0.797. The molecule has 0 spiro atoms. The molecule has 1 unspecified atom stereocenters. The van der Waals surface area contributed by atoms with Crippen molar-refractivity contribution >= 4 is 0 Å². The van der Waals surface area contributed by atoms with Crippen molar-refractivity contribution in [3.05, 3.63) is 0 Å². The molecule has 3 heteroatoms.